The van der Waals surface area contributed by atoms with Gasteiger partial charge in [-0.15, -0.1) is 0 Å². The van der Waals surface area contributed by atoms with Gasteiger partial charge in [-0.3, -0.25) is 19.8 Å². The van der Waals surface area contributed by atoms with Gasteiger partial charge in [0.1, 0.15) is 5.57 Å². The summed E-state index contributed by atoms with van der Waals surface area (Å²) in [5.74, 6) is -0.863. The summed E-state index contributed by atoms with van der Waals surface area (Å²) >= 11 is 5.14. The van der Waals surface area contributed by atoms with Crippen LogP contribution in [0.3, 0.4) is 0 Å². The van der Waals surface area contributed by atoms with E-state index in [1.165, 1.54) is 4.90 Å². The van der Waals surface area contributed by atoms with E-state index in [-0.39, 0.29) is 22.6 Å². The lowest BCUT2D eigenvalue weighted by Gasteiger charge is -2.33. The number of nitrogens with one attached hydrogen (secondary N) is 1. The number of hydrogen-bond donors (Lipinski definition) is 1. The number of hydrogen-bond acceptors (Lipinski definition) is 4. The number of nitrogens with zero attached hydrogens (tertiary/aromatic N) is 3. The maximum Gasteiger partial charge on any atom is 0.265 e. The van der Waals surface area contributed by atoms with E-state index in [2.05, 4.69) is 10.4 Å². The van der Waals surface area contributed by atoms with Crippen molar-refractivity contribution in [1.82, 2.24) is 20.0 Å². The molecule has 1 saturated heterocycles. The molecule has 128 valence electrons. The van der Waals surface area contributed by atoms with Crippen LogP contribution in [0.4, 0.5) is 0 Å². The third-order valence-electron chi connectivity index (χ3n) is 4.10. The van der Waals surface area contributed by atoms with Gasteiger partial charge in [0.05, 0.1) is 11.9 Å². The zero-order valence-corrected chi connectivity index (χ0v) is 14.8. The fraction of sp³-hybridized carbons (Fsp3) is 0.222. The van der Waals surface area contributed by atoms with E-state index in [1.807, 2.05) is 44.2 Å². The van der Waals surface area contributed by atoms with Crippen molar-refractivity contribution < 1.29 is 9.59 Å². The molecule has 2 heterocycles. The number of rotatable bonds is 4. The van der Waals surface area contributed by atoms with Crippen LogP contribution in [0.1, 0.15) is 25.8 Å². The zero-order valence-electron chi connectivity index (χ0n) is 14.0. The van der Waals surface area contributed by atoms with Gasteiger partial charge < -0.3 is 0 Å². The van der Waals surface area contributed by atoms with Crippen molar-refractivity contribution in [3.05, 3.63) is 53.9 Å². The van der Waals surface area contributed by atoms with Crippen molar-refractivity contribution in [2.45, 2.75) is 26.3 Å². The number of benzene rings is 1. The van der Waals surface area contributed by atoms with E-state index < -0.39 is 5.91 Å². The first-order valence-corrected chi connectivity index (χ1v) is 8.42. The van der Waals surface area contributed by atoms with E-state index in [1.54, 1.807) is 23.2 Å². The Hall–Kier alpha value is -2.80. The second-order valence-corrected chi connectivity index (χ2v) is 6.19. The minimum absolute atomic E-state index is 0.0570. The Morgan fingerprint density at radius 2 is 2.00 bits per heavy atom. The predicted octanol–water partition coefficient (Wildman–Crippen LogP) is 2.30. The largest absolute Gasteiger partial charge is 0.298 e. The highest BCUT2D eigenvalue weighted by atomic mass is 32.1. The van der Waals surface area contributed by atoms with Gasteiger partial charge in [-0.05, 0) is 43.8 Å². The fourth-order valence-corrected chi connectivity index (χ4v) is 2.91. The van der Waals surface area contributed by atoms with Gasteiger partial charge >= 0.3 is 0 Å². The first-order valence-electron chi connectivity index (χ1n) is 8.02. The Labute approximate surface area is 151 Å². The van der Waals surface area contributed by atoms with Crippen LogP contribution in [0.25, 0.3) is 11.8 Å². The third-order valence-corrected chi connectivity index (χ3v) is 4.40. The SMILES string of the molecule is CC[C@H](C)N1C(=O)C(=Cc2cnn(-c3ccccc3)c2)C(=O)NC1=S. The smallest absolute Gasteiger partial charge is 0.265 e. The van der Waals surface area contributed by atoms with Crippen molar-refractivity contribution in [3.63, 3.8) is 0 Å². The highest BCUT2D eigenvalue weighted by Crippen LogP contribution is 2.18. The summed E-state index contributed by atoms with van der Waals surface area (Å²) in [6, 6.07) is 9.51. The topological polar surface area (TPSA) is 67.2 Å². The summed E-state index contributed by atoms with van der Waals surface area (Å²) in [7, 11) is 0. The molecule has 2 aromatic rings. The van der Waals surface area contributed by atoms with E-state index >= 15 is 0 Å². The molecule has 0 unspecified atom stereocenters. The Bertz CT molecular complexity index is 857. The van der Waals surface area contributed by atoms with Crippen molar-refractivity contribution in [2.75, 3.05) is 0 Å². The van der Waals surface area contributed by atoms with Crippen LogP contribution in [0, 0.1) is 0 Å². The van der Waals surface area contributed by atoms with Gasteiger partial charge in [-0.1, -0.05) is 25.1 Å². The molecule has 1 atom stereocenters. The number of aromatic nitrogens is 2. The average molecular weight is 354 g/mol. The van der Waals surface area contributed by atoms with Crippen LogP contribution in [0.15, 0.2) is 48.3 Å². The molecule has 0 radical (unpaired) electrons. The van der Waals surface area contributed by atoms with Gasteiger partial charge in [-0.25, -0.2) is 4.68 Å². The van der Waals surface area contributed by atoms with Gasteiger partial charge in [-0.2, -0.15) is 5.10 Å². The van der Waals surface area contributed by atoms with Crippen molar-refractivity contribution in [2.24, 2.45) is 0 Å². The summed E-state index contributed by atoms with van der Waals surface area (Å²) in [6.07, 6.45) is 5.66. The van der Waals surface area contributed by atoms with E-state index in [0.29, 0.717) is 5.56 Å². The second kappa shape index (κ2) is 6.98. The van der Waals surface area contributed by atoms with E-state index in [9.17, 15) is 9.59 Å². The summed E-state index contributed by atoms with van der Waals surface area (Å²) in [4.78, 5) is 26.4. The predicted molar refractivity (Wildman–Crippen MR) is 98.9 cm³/mol. The van der Waals surface area contributed by atoms with Crippen LogP contribution in [0.5, 0.6) is 0 Å². The number of thiocarbonyl (C=S) groups is 1. The molecule has 1 fully saturated rings. The maximum absolute atomic E-state index is 12.7. The Kier molecular flexibility index (Phi) is 4.76. The maximum atomic E-state index is 12.7. The van der Waals surface area contributed by atoms with E-state index in [0.717, 1.165) is 12.1 Å². The first kappa shape index (κ1) is 17.0. The Morgan fingerprint density at radius 1 is 1.28 bits per heavy atom. The summed E-state index contributed by atoms with van der Waals surface area (Å²) in [5.41, 5.74) is 1.62. The molecule has 6 nitrogen and oxygen atoms in total. The van der Waals surface area contributed by atoms with Crippen LogP contribution in [0.2, 0.25) is 0 Å². The van der Waals surface area contributed by atoms with Crippen molar-refractivity contribution in [1.29, 1.82) is 0 Å². The molecule has 1 N–H and O–H groups in total. The van der Waals surface area contributed by atoms with Gasteiger partial charge in [0.15, 0.2) is 5.11 Å². The Balaban J connectivity index is 1.92. The molecule has 3 rings (SSSR count). The second-order valence-electron chi connectivity index (χ2n) is 5.80. The number of carbonyl (C=O) groups is 2. The van der Waals surface area contributed by atoms with E-state index in [4.69, 9.17) is 12.2 Å². The first-order chi connectivity index (χ1) is 12.0. The lowest BCUT2D eigenvalue weighted by atomic mass is 10.1. The quantitative estimate of drug-likeness (QED) is 0.520. The molecule has 1 aliphatic rings. The molecule has 0 bridgehead atoms. The molecule has 1 aliphatic heterocycles. The minimum atomic E-state index is -0.484. The number of para-hydroxylation sites is 1. The highest BCUT2D eigenvalue weighted by Gasteiger charge is 2.35. The van der Waals surface area contributed by atoms with Crippen LogP contribution in [-0.4, -0.2) is 37.6 Å². The van der Waals surface area contributed by atoms with Crippen LogP contribution in [-0.2, 0) is 9.59 Å². The van der Waals surface area contributed by atoms with Crippen LogP contribution < -0.4 is 5.32 Å². The fourth-order valence-electron chi connectivity index (χ4n) is 2.55. The Morgan fingerprint density at radius 3 is 2.68 bits per heavy atom. The molecule has 7 heteroatoms. The monoisotopic (exact) mass is 354 g/mol. The van der Waals surface area contributed by atoms with Crippen molar-refractivity contribution >= 4 is 35.2 Å². The molecule has 25 heavy (non-hydrogen) atoms. The molecule has 1 aromatic carbocycles. The number of amides is 2. The standard InChI is InChI=1S/C18H18N4O2S/c1-3-12(2)22-17(24)15(16(23)20-18(22)25)9-13-10-19-21(11-13)14-7-5-4-6-8-14/h4-12H,3H2,1-2H3,(H,20,23,25)/t12-/m0/s1. The minimum Gasteiger partial charge on any atom is -0.298 e. The van der Waals surface area contributed by atoms with Crippen LogP contribution >= 0.6 is 12.2 Å². The molecule has 0 saturated carbocycles. The third kappa shape index (κ3) is 3.36. The normalized spacial score (nSPS) is 17.8. The molecule has 0 spiro atoms. The lowest BCUT2D eigenvalue weighted by molar-refractivity contribution is -0.130. The lowest BCUT2D eigenvalue weighted by Crippen LogP contribution is -2.56. The van der Waals surface area contributed by atoms with Gasteiger partial charge in [0.25, 0.3) is 11.8 Å². The molecule has 2 amide bonds. The summed E-state index contributed by atoms with van der Waals surface area (Å²) < 4.78 is 1.69. The molecular formula is C18H18N4O2S. The molecule has 0 aliphatic carbocycles. The number of carbonyl (C=O) groups excluding carboxylic acids is 2. The summed E-state index contributed by atoms with van der Waals surface area (Å²) in [5, 5.41) is 7.02. The highest BCUT2D eigenvalue weighted by molar-refractivity contribution is 7.80. The molecular weight excluding hydrogens is 336 g/mol. The van der Waals surface area contributed by atoms with Gasteiger partial charge in [0, 0.05) is 17.8 Å². The van der Waals surface area contributed by atoms with Gasteiger partial charge in [0.2, 0.25) is 0 Å². The molecule has 1 aromatic heterocycles. The summed E-state index contributed by atoms with van der Waals surface area (Å²) in [6.45, 7) is 3.86. The zero-order chi connectivity index (χ0) is 18.0. The van der Waals surface area contributed by atoms with Crippen molar-refractivity contribution in [3.8, 4) is 5.69 Å². The average Bonchev–Trinajstić information content (AvgIpc) is 3.07.